The minimum Gasteiger partial charge on any atom is -0.444 e. The van der Waals surface area contributed by atoms with Crippen molar-refractivity contribution in [2.45, 2.75) is 188 Å². The Labute approximate surface area is 442 Å². The molecule has 0 radical (unpaired) electrons. The van der Waals surface area contributed by atoms with Gasteiger partial charge in [0, 0.05) is 69.7 Å². The summed E-state index contributed by atoms with van der Waals surface area (Å²) in [7, 11) is 0. The lowest BCUT2D eigenvalue weighted by Crippen LogP contribution is -2.49. The van der Waals surface area contributed by atoms with Crippen LogP contribution in [0.1, 0.15) is 144 Å². The molecule has 0 unspecified atom stereocenters. The van der Waals surface area contributed by atoms with E-state index in [0.717, 1.165) is 42.1 Å². The van der Waals surface area contributed by atoms with E-state index in [-0.39, 0.29) is 43.5 Å². The number of rotatable bonds is 21. The first kappa shape index (κ1) is 57.5. The number of amides is 5. The Balaban J connectivity index is 0.993. The van der Waals surface area contributed by atoms with Gasteiger partial charge < -0.3 is 50.2 Å². The molecule has 2 fully saturated rings. The average Bonchev–Trinajstić information content (AvgIpc) is 3.81. The maximum Gasteiger partial charge on any atom is 0.410 e. The largest absolute Gasteiger partial charge is 0.444 e. The average molecular weight is 1040 g/mol. The minimum atomic E-state index is -0.958. The van der Waals surface area contributed by atoms with Gasteiger partial charge in [0.25, 0.3) is 0 Å². The van der Waals surface area contributed by atoms with Crippen molar-refractivity contribution >= 4 is 52.8 Å². The Kier molecular flexibility index (Phi) is 20.5. The number of aromatic nitrogens is 5. The number of carbonyl (C=O) groups excluding carboxylic acids is 5. The molecule has 75 heavy (non-hydrogen) atoms. The van der Waals surface area contributed by atoms with Crippen LogP contribution in [0.5, 0.6) is 0 Å². The molecule has 3 heterocycles. The standard InChI is InChI=1S/C55H82N12O8/c1-53(2,3)73-50(70)60-45(48(69)56-36-39-20-12-10-13-21-39)26-27-46(68)64-34-28-40(29-35-64)58-47-43-24-16-17-25-44(43)59-49(61-47)57-37-41-38-66(63-62-41)32-18-30-65(51(71)74-54(4,5)6)31-19-33-67(42-22-14-11-15-23-42)52(72)75-55(7,8)9/h10,12-13,16-17,20-21,24-25,38,40,42,45H,11,14-15,18-19,22-23,26-37H2,1-9H3,(H,56,69)(H,60,70)(H2,57,58,59,61)/t45-/m1/s1. The van der Waals surface area contributed by atoms with Crippen LogP contribution in [0.2, 0.25) is 0 Å². The third-order valence-electron chi connectivity index (χ3n) is 12.7. The molecule has 20 nitrogen and oxygen atoms in total. The number of anilines is 2. The predicted octanol–water partition coefficient (Wildman–Crippen LogP) is 8.81. The van der Waals surface area contributed by atoms with Gasteiger partial charge in [-0.15, -0.1) is 5.10 Å². The molecule has 0 spiro atoms. The summed E-state index contributed by atoms with van der Waals surface area (Å²) in [4.78, 5) is 81.4. The zero-order chi connectivity index (χ0) is 54.2. The van der Waals surface area contributed by atoms with Crippen LogP contribution in [0.15, 0.2) is 60.8 Å². The quantitative estimate of drug-likeness (QED) is 0.0572. The van der Waals surface area contributed by atoms with Gasteiger partial charge in [-0.3, -0.25) is 14.3 Å². The van der Waals surface area contributed by atoms with Crippen LogP contribution in [0.25, 0.3) is 10.9 Å². The summed E-state index contributed by atoms with van der Waals surface area (Å²) in [5.41, 5.74) is 0.342. The number of fused-ring (bicyclic) bond motifs is 1. The van der Waals surface area contributed by atoms with Crippen LogP contribution in [0.4, 0.5) is 26.1 Å². The van der Waals surface area contributed by atoms with Gasteiger partial charge in [-0.1, -0.05) is 66.9 Å². The maximum absolute atomic E-state index is 13.5. The van der Waals surface area contributed by atoms with Crippen molar-refractivity contribution in [1.82, 2.24) is 50.3 Å². The van der Waals surface area contributed by atoms with E-state index in [4.69, 9.17) is 24.2 Å². The van der Waals surface area contributed by atoms with Crippen molar-refractivity contribution in [2.24, 2.45) is 0 Å². The fraction of sp³-hybridized carbons (Fsp3) is 0.618. The van der Waals surface area contributed by atoms with E-state index < -0.39 is 40.9 Å². The first-order valence-corrected chi connectivity index (χ1v) is 26.8. The smallest absolute Gasteiger partial charge is 0.410 e. The summed E-state index contributed by atoms with van der Waals surface area (Å²) in [6.45, 7) is 19.9. The summed E-state index contributed by atoms with van der Waals surface area (Å²) in [6.07, 6.45) is 8.42. The summed E-state index contributed by atoms with van der Waals surface area (Å²) in [6, 6.07) is 16.5. The number of piperidine rings is 1. The van der Waals surface area contributed by atoms with E-state index >= 15 is 0 Å². The molecule has 20 heteroatoms. The molecule has 6 rings (SSSR count). The van der Waals surface area contributed by atoms with E-state index in [1.807, 2.05) is 112 Å². The molecule has 4 aromatic rings. The van der Waals surface area contributed by atoms with E-state index in [1.165, 1.54) is 6.42 Å². The Hall–Kier alpha value is -6.73. The van der Waals surface area contributed by atoms with Gasteiger partial charge in [-0.2, -0.15) is 4.98 Å². The second-order valence-electron chi connectivity index (χ2n) is 22.6. The van der Waals surface area contributed by atoms with E-state index in [2.05, 4.69) is 31.6 Å². The lowest BCUT2D eigenvalue weighted by molar-refractivity contribution is -0.132. The number of hydrogen-bond donors (Lipinski definition) is 4. The van der Waals surface area contributed by atoms with Crippen molar-refractivity contribution < 1.29 is 38.2 Å². The first-order valence-electron chi connectivity index (χ1n) is 26.8. The summed E-state index contributed by atoms with van der Waals surface area (Å²) >= 11 is 0. The van der Waals surface area contributed by atoms with Gasteiger partial charge in [0.15, 0.2) is 0 Å². The van der Waals surface area contributed by atoms with Gasteiger partial charge in [-0.25, -0.2) is 19.4 Å². The molecule has 1 atom stereocenters. The second-order valence-corrected chi connectivity index (χ2v) is 22.6. The number of hydrogen-bond acceptors (Lipinski definition) is 14. The van der Waals surface area contributed by atoms with Crippen LogP contribution in [-0.2, 0) is 43.4 Å². The van der Waals surface area contributed by atoms with Crippen LogP contribution in [0.3, 0.4) is 0 Å². The molecule has 0 bridgehead atoms. The number of benzene rings is 2. The second kappa shape index (κ2) is 26.7. The summed E-state index contributed by atoms with van der Waals surface area (Å²) in [5, 5.41) is 22.1. The molecule has 1 saturated heterocycles. The summed E-state index contributed by atoms with van der Waals surface area (Å²) in [5.74, 6) is 0.609. The maximum atomic E-state index is 13.5. The van der Waals surface area contributed by atoms with Crippen molar-refractivity contribution in [3.8, 4) is 0 Å². The molecule has 2 aromatic heterocycles. The van der Waals surface area contributed by atoms with Gasteiger partial charge in [-0.05, 0) is 125 Å². The van der Waals surface area contributed by atoms with Crippen LogP contribution in [0, 0.1) is 0 Å². The topological polar surface area (TPSA) is 227 Å². The molecular formula is C55H82N12O8. The fourth-order valence-corrected chi connectivity index (χ4v) is 9.10. The molecule has 410 valence electrons. The lowest BCUT2D eigenvalue weighted by Gasteiger charge is -2.36. The number of alkyl carbamates (subject to hydrolysis) is 1. The van der Waals surface area contributed by atoms with Gasteiger partial charge in [0.05, 0.1) is 18.3 Å². The van der Waals surface area contributed by atoms with Crippen molar-refractivity contribution in [1.29, 1.82) is 0 Å². The molecule has 5 amide bonds. The highest BCUT2D eigenvalue weighted by Gasteiger charge is 2.31. The normalized spacial score (nSPS) is 15.1. The van der Waals surface area contributed by atoms with Crippen LogP contribution >= 0.6 is 0 Å². The SMILES string of the molecule is CC(C)(C)OC(=O)N[C@H](CCC(=O)N1CCC(Nc2nc(NCc3cn(CCCN(CCCN(C(=O)OC(C)(C)C)C4CCCCC4)C(=O)OC(C)(C)C)nn3)nc3ccccc23)CC1)C(=O)NCc1ccccc1. The zero-order valence-corrected chi connectivity index (χ0v) is 45.8. The van der Waals surface area contributed by atoms with Crippen molar-refractivity contribution in [3.63, 3.8) is 0 Å². The Morgan fingerprint density at radius 2 is 1.39 bits per heavy atom. The number of ether oxygens (including phenoxy) is 3. The zero-order valence-electron chi connectivity index (χ0n) is 45.8. The molecular weight excluding hydrogens is 957 g/mol. The van der Waals surface area contributed by atoms with E-state index in [9.17, 15) is 24.0 Å². The van der Waals surface area contributed by atoms with Crippen molar-refractivity contribution in [3.05, 3.63) is 72.1 Å². The van der Waals surface area contributed by atoms with Gasteiger partial charge in [0.1, 0.15) is 34.4 Å². The number of aryl methyl sites for hydroxylation is 1. The Morgan fingerprint density at radius 3 is 2.08 bits per heavy atom. The molecule has 1 aliphatic carbocycles. The Morgan fingerprint density at radius 1 is 0.733 bits per heavy atom. The molecule has 1 aliphatic heterocycles. The number of nitrogens with one attached hydrogen (secondary N) is 4. The number of likely N-dealkylation sites (tertiary alicyclic amines) is 1. The number of carbonyl (C=O) groups is 5. The monoisotopic (exact) mass is 1040 g/mol. The fourth-order valence-electron chi connectivity index (χ4n) is 9.10. The van der Waals surface area contributed by atoms with Crippen LogP contribution < -0.4 is 21.3 Å². The van der Waals surface area contributed by atoms with Crippen molar-refractivity contribution in [2.75, 3.05) is 43.4 Å². The van der Waals surface area contributed by atoms with Gasteiger partial charge >= 0.3 is 18.3 Å². The highest BCUT2D eigenvalue weighted by Crippen LogP contribution is 2.27. The Bertz CT molecular complexity index is 2490. The predicted molar refractivity (Wildman–Crippen MR) is 288 cm³/mol. The van der Waals surface area contributed by atoms with Crippen LogP contribution in [-0.4, -0.2) is 137 Å². The van der Waals surface area contributed by atoms with E-state index in [0.29, 0.717) is 89.0 Å². The highest BCUT2D eigenvalue weighted by atomic mass is 16.6. The minimum absolute atomic E-state index is 0.0326. The third kappa shape index (κ3) is 19.5. The van der Waals surface area contributed by atoms with Gasteiger partial charge in [0.2, 0.25) is 17.8 Å². The third-order valence-corrected chi connectivity index (χ3v) is 12.7. The lowest BCUT2D eigenvalue weighted by atomic mass is 9.94. The number of nitrogens with zero attached hydrogens (tertiary/aromatic N) is 8. The first-order chi connectivity index (χ1) is 35.6. The molecule has 1 saturated carbocycles. The molecule has 2 aliphatic rings. The summed E-state index contributed by atoms with van der Waals surface area (Å²) < 4.78 is 18.8. The molecule has 2 aromatic carbocycles. The van der Waals surface area contributed by atoms with E-state index in [1.54, 1.807) is 30.4 Å². The number of para-hydroxylation sites is 1. The highest BCUT2D eigenvalue weighted by molar-refractivity contribution is 5.90. The molecule has 4 N–H and O–H groups in total.